The van der Waals surface area contributed by atoms with Gasteiger partial charge in [0.2, 0.25) is 0 Å². The van der Waals surface area contributed by atoms with Gasteiger partial charge in [-0.2, -0.15) is 0 Å². The first-order valence-electron chi connectivity index (χ1n) is 12.2. The molecule has 2 amide bonds. The number of nitrogens with one attached hydrogen (secondary N) is 1. The van der Waals surface area contributed by atoms with Gasteiger partial charge < -0.3 is 19.9 Å². The molecule has 0 aromatic heterocycles. The molecule has 2 aromatic rings. The summed E-state index contributed by atoms with van der Waals surface area (Å²) in [5.41, 5.74) is 1.99. The van der Waals surface area contributed by atoms with Crippen LogP contribution in [0.25, 0.3) is 0 Å². The quantitative estimate of drug-likeness (QED) is 0.635. The lowest BCUT2D eigenvalue weighted by atomic mass is 9.86. The fraction of sp³-hybridized carbons (Fsp3) is 0.519. The number of nitrogens with zero attached hydrogens (tertiary/aromatic N) is 2. The van der Waals surface area contributed by atoms with E-state index in [1.165, 1.54) is 24.8 Å². The summed E-state index contributed by atoms with van der Waals surface area (Å²) in [5, 5.41) is 3.03. The Bertz CT molecular complexity index is 912. The lowest BCUT2D eigenvalue weighted by molar-refractivity contribution is 0.0733. The molecule has 1 N–H and O–H groups in total. The van der Waals surface area contributed by atoms with Gasteiger partial charge in [0.1, 0.15) is 11.6 Å². The minimum atomic E-state index is -0.166. The zero-order valence-corrected chi connectivity index (χ0v) is 19.8. The fourth-order valence-electron chi connectivity index (χ4n) is 5.31. The summed E-state index contributed by atoms with van der Waals surface area (Å²) >= 11 is 0. The van der Waals surface area contributed by atoms with Crippen LogP contribution >= 0.6 is 0 Å². The van der Waals surface area contributed by atoms with Gasteiger partial charge in [0.15, 0.2) is 0 Å². The topological polar surface area (TPSA) is 44.8 Å². The fourth-order valence-corrected chi connectivity index (χ4v) is 5.31. The normalized spacial score (nSPS) is 20.9. The molecule has 0 saturated carbocycles. The Morgan fingerprint density at radius 1 is 1.12 bits per heavy atom. The van der Waals surface area contributed by atoms with Crippen molar-refractivity contribution in [3.63, 3.8) is 0 Å². The van der Waals surface area contributed by atoms with Gasteiger partial charge in [-0.05, 0) is 93.8 Å². The molecular weight excluding hydrogens is 417 g/mol. The van der Waals surface area contributed by atoms with Crippen LogP contribution in [0.15, 0.2) is 48.5 Å². The minimum absolute atomic E-state index is 0.0295. The third kappa shape index (κ3) is 6.26. The van der Waals surface area contributed by atoms with Crippen LogP contribution in [0.3, 0.4) is 0 Å². The predicted molar refractivity (Wildman–Crippen MR) is 130 cm³/mol. The van der Waals surface area contributed by atoms with Gasteiger partial charge >= 0.3 is 6.03 Å². The molecule has 2 aliphatic rings. The number of anilines is 1. The van der Waals surface area contributed by atoms with Crippen molar-refractivity contribution in [1.82, 2.24) is 9.80 Å². The summed E-state index contributed by atoms with van der Waals surface area (Å²) in [4.78, 5) is 17.5. The van der Waals surface area contributed by atoms with Gasteiger partial charge in [0.05, 0.1) is 7.11 Å². The first-order chi connectivity index (χ1) is 16.0. The maximum absolute atomic E-state index is 13.2. The highest BCUT2D eigenvalue weighted by atomic mass is 19.1. The summed E-state index contributed by atoms with van der Waals surface area (Å²) in [5.74, 6) is 1.72. The molecule has 0 spiro atoms. The largest absolute Gasteiger partial charge is 0.497 e. The molecule has 2 fully saturated rings. The number of rotatable bonds is 6. The average molecular weight is 454 g/mol. The number of amides is 2. The number of benzene rings is 2. The summed E-state index contributed by atoms with van der Waals surface area (Å²) in [6.07, 6.45) is 5.59. The zero-order chi connectivity index (χ0) is 23.2. The van der Waals surface area contributed by atoms with E-state index in [1.807, 2.05) is 41.3 Å². The molecule has 4 rings (SSSR count). The molecule has 0 bridgehead atoms. The van der Waals surface area contributed by atoms with Crippen molar-refractivity contribution in [2.24, 2.45) is 11.8 Å². The van der Waals surface area contributed by atoms with E-state index < -0.39 is 0 Å². The molecule has 6 heteroatoms. The molecule has 2 heterocycles. The predicted octanol–water partition coefficient (Wildman–Crippen LogP) is 5.42. The van der Waals surface area contributed by atoms with Crippen molar-refractivity contribution >= 4 is 11.7 Å². The molecule has 2 aromatic carbocycles. The van der Waals surface area contributed by atoms with E-state index in [-0.39, 0.29) is 11.8 Å². The van der Waals surface area contributed by atoms with Crippen LogP contribution in [0.1, 0.15) is 38.2 Å². The molecule has 2 atom stereocenters. The highest BCUT2D eigenvalue weighted by Gasteiger charge is 2.32. The van der Waals surface area contributed by atoms with Crippen molar-refractivity contribution in [3.8, 4) is 5.75 Å². The van der Waals surface area contributed by atoms with Crippen LogP contribution < -0.4 is 10.1 Å². The SMILES string of the molecule is COc1cccc(NC(=O)N2CCCC(C(C)N3CCC(Cc4ccc(F)cc4)CC3)C2)c1. The Morgan fingerprint density at radius 2 is 1.88 bits per heavy atom. The van der Waals surface area contributed by atoms with Crippen LogP contribution in [0, 0.1) is 17.7 Å². The van der Waals surface area contributed by atoms with E-state index in [9.17, 15) is 9.18 Å². The van der Waals surface area contributed by atoms with Crippen molar-refractivity contribution in [1.29, 1.82) is 0 Å². The van der Waals surface area contributed by atoms with Crippen molar-refractivity contribution < 1.29 is 13.9 Å². The van der Waals surface area contributed by atoms with Crippen LogP contribution in [0.2, 0.25) is 0 Å². The Morgan fingerprint density at radius 3 is 2.61 bits per heavy atom. The Hall–Kier alpha value is -2.60. The maximum Gasteiger partial charge on any atom is 0.321 e. The van der Waals surface area contributed by atoms with Crippen molar-refractivity contribution in [2.45, 2.75) is 45.1 Å². The highest BCUT2D eigenvalue weighted by Crippen LogP contribution is 2.29. The van der Waals surface area contributed by atoms with Crippen LogP contribution in [-0.2, 0) is 6.42 Å². The summed E-state index contributed by atoms with van der Waals surface area (Å²) < 4.78 is 18.4. The van der Waals surface area contributed by atoms with Crippen LogP contribution in [0.4, 0.5) is 14.9 Å². The summed E-state index contributed by atoms with van der Waals surface area (Å²) in [7, 11) is 1.63. The van der Waals surface area contributed by atoms with E-state index in [0.717, 1.165) is 50.5 Å². The van der Waals surface area contributed by atoms with E-state index in [0.29, 0.717) is 17.9 Å². The number of ether oxygens (including phenoxy) is 1. The second kappa shape index (κ2) is 11.0. The number of halogens is 1. The van der Waals surface area contributed by atoms with Crippen LogP contribution in [-0.4, -0.2) is 55.2 Å². The van der Waals surface area contributed by atoms with Gasteiger partial charge in [0, 0.05) is 30.9 Å². The van der Waals surface area contributed by atoms with Gasteiger partial charge in [-0.1, -0.05) is 18.2 Å². The molecule has 5 nitrogen and oxygen atoms in total. The number of carbonyl (C=O) groups excluding carboxylic acids is 1. The number of likely N-dealkylation sites (tertiary alicyclic amines) is 2. The smallest absolute Gasteiger partial charge is 0.321 e. The first-order valence-corrected chi connectivity index (χ1v) is 12.2. The third-order valence-corrected chi connectivity index (χ3v) is 7.41. The molecule has 0 radical (unpaired) electrons. The molecular formula is C27H36FN3O2. The van der Waals surface area contributed by atoms with E-state index >= 15 is 0 Å². The first kappa shape index (κ1) is 23.6. The van der Waals surface area contributed by atoms with Crippen LogP contribution in [0.5, 0.6) is 5.75 Å². The van der Waals surface area contributed by atoms with E-state index in [2.05, 4.69) is 17.1 Å². The number of carbonyl (C=O) groups is 1. The number of urea groups is 1. The second-order valence-electron chi connectivity index (χ2n) is 9.56. The Balaban J connectivity index is 1.26. The summed E-state index contributed by atoms with van der Waals surface area (Å²) in [6.45, 7) is 6.12. The monoisotopic (exact) mass is 453 g/mol. The maximum atomic E-state index is 13.2. The molecule has 33 heavy (non-hydrogen) atoms. The molecule has 178 valence electrons. The van der Waals surface area contributed by atoms with Gasteiger partial charge in [-0.3, -0.25) is 0 Å². The highest BCUT2D eigenvalue weighted by molar-refractivity contribution is 5.89. The van der Waals surface area contributed by atoms with Crippen molar-refractivity contribution in [3.05, 3.63) is 59.9 Å². The zero-order valence-electron chi connectivity index (χ0n) is 19.8. The van der Waals surface area contributed by atoms with E-state index in [4.69, 9.17) is 4.74 Å². The second-order valence-corrected chi connectivity index (χ2v) is 9.56. The number of methoxy groups -OCH3 is 1. The molecule has 2 saturated heterocycles. The third-order valence-electron chi connectivity index (χ3n) is 7.41. The van der Waals surface area contributed by atoms with Gasteiger partial charge in [-0.25, -0.2) is 9.18 Å². The lowest BCUT2D eigenvalue weighted by Crippen LogP contribution is -2.50. The van der Waals surface area contributed by atoms with Gasteiger partial charge in [0.25, 0.3) is 0 Å². The number of hydrogen-bond acceptors (Lipinski definition) is 3. The number of hydrogen-bond donors (Lipinski definition) is 1. The number of piperidine rings is 2. The molecule has 2 unspecified atom stereocenters. The minimum Gasteiger partial charge on any atom is -0.497 e. The molecule has 0 aliphatic carbocycles. The van der Waals surface area contributed by atoms with Gasteiger partial charge in [-0.15, -0.1) is 0 Å². The lowest BCUT2D eigenvalue weighted by Gasteiger charge is -2.43. The average Bonchev–Trinajstić information content (AvgIpc) is 2.85. The Kier molecular flexibility index (Phi) is 7.86. The van der Waals surface area contributed by atoms with E-state index in [1.54, 1.807) is 19.2 Å². The standard InChI is InChI=1S/C27H36FN3O2/c1-20(30-15-12-22(13-16-30)17-21-8-10-24(28)11-9-21)23-5-4-14-31(19-23)27(32)29-25-6-3-7-26(18-25)33-2/h3,6-11,18,20,22-23H,4-5,12-17,19H2,1-2H3,(H,29,32). The van der Waals surface area contributed by atoms with Crippen molar-refractivity contribution in [2.75, 3.05) is 38.6 Å². The Labute approximate surface area is 196 Å². The summed E-state index contributed by atoms with van der Waals surface area (Å²) in [6, 6.07) is 14.9. The molecule has 2 aliphatic heterocycles.